The van der Waals surface area contributed by atoms with Gasteiger partial charge in [0.15, 0.2) is 0 Å². The van der Waals surface area contributed by atoms with Crippen LogP contribution >= 0.6 is 22.9 Å². The Morgan fingerprint density at radius 3 is 2.64 bits per heavy atom. The summed E-state index contributed by atoms with van der Waals surface area (Å²) in [5.74, 6) is -0.516. The minimum atomic E-state index is -0.655. The number of hydrogen-bond acceptors (Lipinski definition) is 8. The molecule has 1 fully saturated rings. The minimum Gasteiger partial charge on any atom is -0.493 e. The van der Waals surface area contributed by atoms with E-state index >= 15 is 0 Å². The largest absolute Gasteiger partial charge is 0.493 e. The average molecular weight is 497 g/mol. The molecule has 0 spiro atoms. The van der Waals surface area contributed by atoms with Crippen LogP contribution in [0.3, 0.4) is 0 Å². The molecule has 4 atom stereocenters. The lowest BCUT2D eigenvalue weighted by Crippen LogP contribution is -2.28. The number of aliphatic hydroxyl groups is 2. The highest BCUT2D eigenvalue weighted by Gasteiger charge is 2.41. The van der Waals surface area contributed by atoms with Gasteiger partial charge in [0.05, 0.1) is 25.9 Å². The monoisotopic (exact) mass is 496 g/mol. The van der Waals surface area contributed by atoms with Gasteiger partial charge in [0.1, 0.15) is 17.2 Å². The van der Waals surface area contributed by atoms with Crippen molar-refractivity contribution in [3.63, 3.8) is 0 Å². The van der Waals surface area contributed by atoms with Crippen LogP contribution in [0.2, 0.25) is 5.02 Å². The van der Waals surface area contributed by atoms with Crippen molar-refractivity contribution in [2.75, 3.05) is 13.7 Å². The standard InChI is InChI=1S/C24H29ClO7S/c1-14(26)31-12-15-8-16(25)10-17(9-15)32-13-20-19(21(27)11-22(20)28)5-3-4-18-6-7-23(33-18)24(29)30-2/h6-10,19-22,27-28H,3-5,11-13H2,1-2H3/t19-,20-,21+,22-/m1/s1. The Labute approximate surface area is 202 Å². The van der Waals surface area contributed by atoms with Gasteiger partial charge in [-0.25, -0.2) is 4.79 Å². The third-order valence-corrected chi connectivity index (χ3v) is 7.19. The van der Waals surface area contributed by atoms with Gasteiger partial charge >= 0.3 is 11.9 Å². The van der Waals surface area contributed by atoms with E-state index in [9.17, 15) is 19.8 Å². The first-order valence-corrected chi connectivity index (χ1v) is 12.0. The Hall–Kier alpha value is -2.13. The Bertz CT molecular complexity index is 960. The predicted octanol–water partition coefficient (Wildman–Crippen LogP) is 4.01. The van der Waals surface area contributed by atoms with E-state index in [-0.39, 0.29) is 37.0 Å². The predicted molar refractivity (Wildman–Crippen MR) is 125 cm³/mol. The normalized spacial score (nSPS) is 22.2. The lowest BCUT2D eigenvalue weighted by molar-refractivity contribution is -0.142. The van der Waals surface area contributed by atoms with Crippen molar-refractivity contribution in [1.29, 1.82) is 0 Å². The topological polar surface area (TPSA) is 102 Å². The fraction of sp³-hybridized carbons (Fsp3) is 0.500. The highest BCUT2D eigenvalue weighted by atomic mass is 35.5. The molecule has 0 saturated heterocycles. The number of hydrogen-bond donors (Lipinski definition) is 2. The van der Waals surface area contributed by atoms with Crippen molar-refractivity contribution in [3.8, 4) is 5.75 Å². The summed E-state index contributed by atoms with van der Waals surface area (Å²) in [4.78, 5) is 24.3. The average Bonchev–Trinajstić information content (AvgIpc) is 3.34. The van der Waals surface area contributed by atoms with Gasteiger partial charge in [0, 0.05) is 22.7 Å². The SMILES string of the molecule is COC(=O)c1ccc(CCC[C@@H]2[C@@H](COc3cc(Cl)cc(COC(C)=O)c3)[C@H](O)C[C@@H]2O)s1. The molecule has 33 heavy (non-hydrogen) atoms. The third kappa shape index (κ3) is 7.17. The molecule has 1 heterocycles. The molecule has 0 bridgehead atoms. The maximum absolute atomic E-state index is 11.6. The Balaban J connectivity index is 1.56. The van der Waals surface area contributed by atoms with Gasteiger partial charge in [-0.1, -0.05) is 11.6 Å². The summed E-state index contributed by atoms with van der Waals surface area (Å²) in [6, 6.07) is 8.80. The molecule has 2 aromatic rings. The molecule has 0 unspecified atom stereocenters. The summed E-state index contributed by atoms with van der Waals surface area (Å²) < 4.78 is 15.7. The van der Waals surface area contributed by atoms with Crippen LogP contribution in [0.15, 0.2) is 30.3 Å². The maximum Gasteiger partial charge on any atom is 0.348 e. The van der Waals surface area contributed by atoms with E-state index in [0.717, 1.165) is 24.1 Å². The molecule has 0 amide bonds. The molecule has 1 aromatic carbocycles. The van der Waals surface area contributed by atoms with Crippen molar-refractivity contribution in [2.45, 2.75) is 51.4 Å². The van der Waals surface area contributed by atoms with Gasteiger partial charge < -0.3 is 24.4 Å². The Morgan fingerprint density at radius 2 is 1.91 bits per heavy atom. The Morgan fingerprint density at radius 1 is 1.15 bits per heavy atom. The van der Waals surface area contributed by atoms with Crippen molar-refractivity contribution < 1.29 is 34.0 Å². The number of esters is 2. The van der Waals surface area contributed by atoms with Crippen LogP contribution in [0.25, 0.3) is 0 Å². The number of ether oxygens (including phenoxy) is 3. The fourth-order valence-corrected chi connectivity index (χ4v) is 5.42. The molecule has 180 valence electrons. The van der Waals surface area contributed by atoms with Crippen molar-refractivity contribution >= 4 is 34.9 Å². The van der Waals surface area contributed by atoms with Crippen LogP contribution in [0.1, 0.15) is 46.3 Å². The molecule has 0 aliphatic heterocycles. The molecule has 1 aromatic heterocycles. The molecule has 1 aliphatic rings. The highest BCUT2D eigenvalue weighted by Crippen LogP contribution is 2.37. The fourth-order valence-electron chi connectivity index (χ4n) is 4.21. The van der Waals surface area contributed by atoms with E-state index < -0.39 is 12.2 Å². The summed E-state index contributed by atoms with van der Waals surface area (Å²) >= 11 is 7.57. The first-order chi connectivity index (χ1) is 15.8. The highest BCUT2D eigenvalue weighted by molar-refractivity contribution is 7.13. The number of halogens is 1. The smallest absolute Gasteiger partial charge is 0.348 e. The number of methoxy groups -OCH3 is 1. The van der Waals surface area contributed by atoms with E-state index in [1.54, 1.807) is 24.3 Å². The third-order valence-electron chi connectivity index (χ3n) is 5.85. The van der Waals surface area contributed by atoms with E-state index in [0.29, 0.717) is 27.6 Å². The van der Waals surface area contributed by atoms with Crippen LogP contribution < -0.4 is 4.74 Å². The minimum absolute atomic E-state index is 0.0973. The second kappa shape index (κ2) is 11.8. The molecular formula is C24H29ClO7S. The van der Waals surface area contributed by atoms with Crippen LogP contribution in [0.5, 0.6) is 5.75 Å². The molecule has 9 heteroatoms. The van der Waals surface area contributed by atoms with Gasteiger partial charge in [0.25, 0.3) is 0 Å². The van der Waals surface area contributed by atoms with E-state index in [1.165, 1.54) is 25.4 Å². The lowest BCUT2D eigenvalue weighted by Gasteiger charge is -2.24. The number of benzene rings is 1. The van der Waals surface area contributed by atoms with E-state index in [2.05, 4.69) is 0 Å². The number of aryl methyl sites for hydroxylation is 1. The van der Waals surface area contributed by atoms with E-state index in [4.69, 9.17) is 25.8 Å². The van der Waals surface area contributed by atoms with Gasteiger partial charge in [-0.05, 0) is 67.5 Å². The second-order valence-electron chi connectivity index (χ2n) is 8.23. The number of rotatable bonds is 10. The zero-order valence-corrected chi connectivity index (χ0v) is 20.2. The van der Waals surface area contributed by atoms with Crippen molar-refractivity contribution in [1.82, 2.24) is 0 Å². The maximum atomic E-state index is 11.6. The van der Waals surface area contributed by atoms with Gasteiger partial charge in [-0.3, -0.25) is 4.79 Å². The van der Waals surface area contributed by atoms with Crippen molar-refractivity contribution in [2.24, 2.45) is 11.8 Å². The van der Waals surface area contributed by atoms with Crippen LogP contribution in [-0.2, 0) is 27.3 Å². The molecule has 3 rings (SSSR count). The van der Waals surface area contributed by atoms with Gasteiger partial charge in [-0.15, -0.1) is 11.3 Å². The first-order valence-electron chi connectivity index (χ1n) is 10.9. The summed E-state index contributed by atoms with van der Waals surface area (Å²) in [5.41, 5.74) is 0.707. The van der Waals surface area contributed by atoms with Crippen molar-refractivity contribution in [3.05, 3.63) is 50.7 Å². The first kappa shape index (κ1) is 25.5. The van der Waals surface area contributed by atoms with Crippen LogP contribution in [0.4, 0.5) is 0 Å². The number of carbonyl (C=O) groups is 2. The molecule has 1 saturated carbocycles. The number of thiophene rings is 1. The van der Waals surface area contributed by atoms with Gasteiger partial charge in [0.2, 0.25) is 0 Å². The zero-order valence-electron chi connectivity index (χ0n) is 18.7. The number of carbonyl (C=O) groups excluding carboxylic acids is 2. The second-order valence-corrected chi connectivity index (χ2v) is 9.84. The molecular weight excluding hydrogens is 468 g/mol. The molecule has 1 aliphatic carbocycles. The van der Waals surface area contributed by atoms with Gasteiger partial charge in [-0.2, -0.15) is 0 Å². The summed E-state index contributed by atoms with van der Waals surface area (Å²) in [7, 11) is 1.36. The lowest BCUT2D eigenvalue weighted by atomic mass is 9.89. The molecule has 7 nitrogen and oxygen atoms in total. The number of aliphatic hydroxyl groups excluding tert-OH is 2. The summed E-state index contributed by atoms with van der Waals surface area (Å²) in [5, 5.41) is 21.5. The van der Waals surface area contributed by atoms with E-state index in [1.807, 2.05) is 6.07 Å². The van der Waals surface area contributed by atoms with Crippen LogP contribution in [0, 0.1) is 11.8 Å². The zero-order chi connectivity index (χ0) is 24.0. The van der Waals surface area contributed by atoms with Crippen LogP contribution in [-0.4, -0.2) is 48.1 Å². The molecule has 2 N–H and O–H groups in total. The quantitative estimate of drug-likeness (QED) is 0.479. The Kier molecular flexibility index (Phi) is 9.14. The molecule has 0 radical (unpaired) electrons. The summed E-state index contributed by atoms with van der Waals surface area (Å²) in [6.45, 7) is 1.67. The summed E-state index contributed by atoms with van der Waals surface area (Å²) in [6.07, 6.45) is 1.39.